The third-order valence-corrected chi connectivity index (χ3v) is 6.38. The first kappa shape index (κ1) is 22.0. The number of hydrazine groups is 1. The van der Waals surface area contributed by atoms with Crippen molar-refractivity contribution < 1.29 is 0 Å². The van der Waals surface area contributed by atoms with Crippen molar-refractivity contribution >= 4 is 0 Å². The van der Waals surface area contributed by atoms with Crippen molar-refractivity contribution in [3.63, 3.8) is 0 Å². The molecule has 0 aliphatic carbocycles. The molecule has 3 aliphatic rings. The number of nitrogens with one attached hydrogen (secondary N) is 1. The molecular weight excluding hydrogens is 316 g/mol. The molecular formula is C24H46N2. The van der Waals surface area contributed by atoms with E-state index in [1.54, 1.807) is 0 Å². The summed E-state index contributed by atoms with van der Waals surface area (Å²) in [5.74, 6) is 1.01. The quantitative estimate of drug-likeness (QED) is 0.466. The van der Waals surface area contributed by atoms with Crippen molar-refractivity contribution in [3.8, 4) is 0 Å². The largest absolute Gasteiger partial charge is 0.255 e. The Bertz CT molecular complexity index is 287. The molecule has 0 spiro atoms. The molecule has 0 amide bonds. The van der Waals surface area contributed by atoms with Crippen LogP contribution >= 0.6 is 0 Å². The van der Waals surface area contributed by atoms with Crippen molar-refractivity contribution in [2.75, 3.05) is 19.6 Å². The van der Waals surface area contributed by atoms with Gasteiger partial charge in [-0.1, -0.05) is 95.6 Å². The topological polar surface area (TPSA) is 15.3 Å². The molecule has 1 saturated heterocycles. The number of hydrogen-bond acceptors (Lipinski definition) is 2. The van der Waals surface area contributed by atoms with Crippen LogP contribution in [0.5, 0.6) is 0 Å². The van der Waals surface area contributed by atoms with Crippen molar-refractivity contribution in [1.82, 2.24) is 10.4 Å². The maximum Gasteiger partial charge on any atom is 0.0137 e. The molecule has 1 fully saturated rings. The first-order valence-corrected chi connectivity index (χ1v) is 12.1. The van der Waals surface area contributed by atoms with Crippen molar-refractivity contribution in [3.05, 3.63) is 12.2 Å². The second kappa shape index (κ2) is 15.7. The lowest BCUT2D eigenvalue weighted by molar-refractivity contribution is 0.180. The lowest BCUT2D eigenvalue weighted by Crippen LogP contribution is -2.40. The van der Waals surface area contributed by atoms with E-state index in [-0.39, 0.29) is 0 Å². The molecule has 2 heteroatoms. The summed E-state index contributed by atoms with van der Waals surface area (Å²) in [6.07, 6.45) is 30.5. The molecule has 0 radical (unpaired) electrons. The van der Waals surface area contributed by atoms with Crippen LogP contribution in [0.2, 0.25) is 0 Å². The molecule has 0 aromatic heterocycles. The fourth-order valence-corrected chi connectivity index (χ4v) is 4.65. The third kappa shape index (κ3) is 11.4. The van der Waals surface area contributed by atoms with Crippen LogP contribution in [-0.2, 0) is 0 Å². The summed E-state index contributed by atoms with van der Waals surface area (Å²) in [7, 11) is 0. The summed E-state index contributed by atoms with van der Waals surface area (Å²) < 4.78 is 0. The minimum Gasteiger partial charge on any atom is -0.255 e. The zero-order valence-electron chi connectivity index (χ0n) is 17.5. The van der Waals surface area contributed by atoms with Crippen LogP contribution in [-0.4, -0.2) is 24.6 Å². The maximum absolute atomic E-state index is 3.72. The Hall–Kier alpha value is -0.340. The van der Waals surface area contributed by atoms with Crippen LogP contribution in [0.25, 0.3) is 0 Å². The van der Waals surface area contributed by atoms with E-state index in [9.17, 15) is 0 Å². The lowest BCUT2D eigenvalue weighted by Gasteiger charge is -2.23. The fourth-order valence-electron chi connectivity index (χ4n) is 4.65. The van der Waals surface area contributed by atoms with E-state index in [1.807, 2.05) is 0 Å². The Kier molecular flexibility index (Phi) is 13.3. The van der Waals surface area contributed by atoms with Crippen LogP contribution in [0.4, 0.5) is 0 Å². The van der Waals surface area contributed by atoms with Crippen LogP contribution in [0.1, 0.15) is 116 Å². The molecule has 2 nitrogen and oxygen atoms in total. The minimum atomic E-state index is 1.01. The first-order chi connectivity index (χ1) is 12.9. The molecule has 3 rings (SSSR count). The summed E-state index contributed by atoms with van der Waals surface area (Å²) in [6, 6.07) is 0. The van der Waals surface area contributed by atoms with Gasteiger partial charge in [0.15, 0.2) is 0 Å². The summed E-state index contributed by atoms with van der Waals surface area (Å²) in [5.41, 5.74) is 3.72. The van der Waals surface area contributed by atoms with E-state index < -0.39 is 0 Å². The van der Waals surface area contributed by atoms with Crippen LogP contribution in [0, 0.1) is 5.92 Å². The number of nitrogens with zero attached hydrogens (tertiary/aromatic N) is 1. The van der Waals surface area contributed by atoms with Gasteiger partial charge in [-0.3, -0.25) is 5.43 Å². The average molecular weight is 363 g/mol. The maximum atomic E-state index is 3.72. The number of rotatable bonds is 0. The van der Waals surface area contributed by atoms with Crippen LogP contribution in [0.15, 0.2) is 12.2 Å². The van der Waals surface area contributed by atoms with Crippen molar-refractivity contribution in [1.29, 1.82) is 0 Å². The highest BCUT2D eigenvalue weighted by Crippen LogP contribution is 2.24. The van der Waals surface area contributed by atoms with Gasteiger partial charge in [0.2, 0.25) is 0 Å². The predicted molar refractivity (Wildman–Crippen MR) is 115 cm³/mol. The van der Waals surface area contributed by atoms with E-state index in [4.69, 9.17) is 0 Å². The number of hydrogen-bond donors (Lipinski definition) is 1. The second-order valence-corrected chi connectivity index (χ2v) is 8.77. The zero-order valence-corrected chi connectivity index (χ0v) is 17.5. The van der Waals surface area contributed by atoms with E-state index in [2.05, 4.69) is 22.6 Å². The second-order valence-electron chi connectivity index (χ2n) is 8.77. The monoisotopic (exact) mass is 362 g/mol. The Labute approximate surface area is 164 Å². The first-order valence-electron chi connectivity index (χ1n) is 12.1. The fraction of sp³-hybridized carbons (Fsp3) is 0.917. The molecule has 3 heterocycles. The van der Waals surface area contributed by atoms with Gasteiger partial charge in [-0.2, -0.15) is 0 Å². The van der Waals surface area contributed by atoms with Gasteiger partial charge in [0.25, 0.3) is 0 Å². The Morgan fingerprint density at radius 1 is 0.538 bits per heavy atom. The highest BCUT2D eigenvalue weighted by Gasteiger charge is 2.09. The van der Waals surface area contributed by atoms with Crippen molar-refractivity contribution in [2.24, 2.45) is 5.92 Å². The summed E-state index contributed by atoms with van der Waals surface area (Å²) >= 11 is 0. The van der Waals surface area contributed by atoms with Gasteiger partial charge in [-0.05, 0) is 38.0 Å². The van der Waals surface area contributed by atoms with Gasteiger partial charge < -0.3 is 0 Å². The molecule has 0 saturated carbocycles. The van der Waals surface area contributed by atoms with E-state index in [0.717, 1.165) is 12.5 Å². The van der Waals surface area contributed by atoms with E-state index in [1.165, 1.54) is 129 Å². The number of fused-ring (bicyclic) bond motifs is 20. The molecule has 0 atom stereocenters. The Balaban J connectivity index is 1.91. The van der Waals surface area contributed by atoms with Gasteiger partial charge in [0.05, 0.1) is 0 Å². The Morgan fingerprint density at radius 2 is 1.04 bits per heavy atom. The molecule has 0 aromatic carbocycles. The Morgan fingerprint density at radius 3 is 1.69 bits per heavy atom. The SMILES string of the molecule is C1=CCCNN2CCCCCCCCC(CCC1)CCCCCCCC2. The minimum absolute atomic E-state index is 1.01. The van der Waals surface area contributed by atoms with Crippen LogP contribution < -0.4 is 5.43 Å². The summed E-state index contributed by atoms with van der Waals surface area (Å²) in [6.45, 7) is 3.59. The average Bonchev–Trinajstić information content (AvgIpc) is 2.65. The zero-order chi connectivity index (χ0) is 18.1. The highest BCUT2D eigenvalue weighted by atomic mass is 15.5. The smallest absolute Gasteiger partial charge is 0.0137 e. The van der Waals surface area contributed by atoms with Gasteiger partial charge >= 0.3 is 0 Å². The third-order valence-electron chi connectivity index (χ3n) is 6.38. The lowest BCUT2D eigenvalue weighted by atomic mass is 9.90. The van der Waals surface area contributed by atoms with Gasteiger partial charge in [0.1, 0.15) is 0 Å². The molecule has 3 aliphatic heterocycles. The molecule has 0 unspecified atom stereocenters. The normalized spacial score (nSPS) is 29.8. The van der Waals surface area contributed by atoms with E-state index >= 15 is 0 Å². The molecule has 0 aromatic rings. The van der Waals surface area contributed by atoms with E-state index in [0.29, 0.717) is 0 Å². The van der Waals surface area contributed by atoms with Gasteiger partial charge in [0, 0.05) is 19.6 Å². The van der Waals surface area contributed by atoms with Crippen molar-refractivity contribution in [2.45, 2.75) is 116 Å². The summed E-state index contributed by atoms with van der Waals surface area (Å²) in [4.78, 5) is 0. The standard InChI is InChI=1S/C24H46N2/c1-3-10-16-22-26-23-17-11-4-2-7-13-19-24(18-12-6-1)20-14-8-5-9-15-21-25-26/h5,9,24-25H,1-4,6-8,10-23H2. The highest BCUT2D eigenvalue weighted by molar-refractivity contribution is 4.82. The van der Waals surface area contributed by atoms with Gasteiger partial charge in [-0.15, -0.1) is 0 Å². The number of allylic oxidation sites excluding steroid dienone is 1. The predicted octanol–water partition coefficient (Wildman–Crippen LogP) is 7.01. The molecule has 26 heavy (non-hydrogen) atoms. The summed E-state index contributed by atoms with van der Waals surface area (Å²) in [5, 5.41) is 2.53. The molecule has 152 valence electrons. The van der Waals surface area contributed by atoms with Crippen LogP contribution in [0.3, 0.4) is 0 Å². The van der Waals surface area contributed by atoms with Gasteiger partial charge in [-0.25, -0.2) is 5.01 Å². The molecule has 2 bridgehead atoms. The molecule has 1 N–H and O–H groups in total.